The monoisotopic (exact) mass is 283 g/mol. The molecule has 2 aliphatic rings. The van der Waals surface area contributed by atoms with E-state index in [0.29, 0.717) is 43.4 Å². The highest BCUT2D eigenvalue weighted by molar-refractivity contribution is 4.99. The fraction of sp³-hybridized carbons (Fsp3) is 0.818. The van der Waals surface area contributed by atoms with Crippen molar-refractivity contribution in [1.29, 1.82) is 0 Å². The van der Waals surface area contributed by atoms with Crippen LogP contribution in [0.1, 0.15) is 0 Å². The number of piperazine rings is 1. The molecule has 2 saturated heterocycles. The molecule has 0 aliphatic carbocycles. The minimum absolute atomic E-state index is 0.134. The summed E-state index contributed by atoms with van der Waals surface area (Å²) in [5, 5.41) is 0. The van der Waals surface area contributed by atoms with Crippen LogP contribution in [0.25, 0.3) is 0 Å². The van der Waals surface area contributed by atoms with Gasteiger partial charge >= 0.3 is 6.30 Å². The van der Waals surface area contributed by atoms with Gasteiger partial charge in [-0.25, -0.2) is 9.29 Å². The van der Waals surface area contributed by atoms with E-state index in [4.69, 9.17) is 4.74 Å². The molecule has 2 aliphatic heterocycles. The summed E-state index contributed by atoms with van der Waals surface area (Å²) in [6.45, 7) is 2.24. The lowest BCUT2D eigenvalue weighted by atomic mass is 10.3. The standard InChI is InChI=1S/C11H17F4N3O/c12-9-10(17-5-7-19-8-6-17)16-1-3-18(4-2-16)11(13,14)15/h9H,1-8H2/b10-9+. The van der Waals surface area contributed by atoms with Gasteiger partial charge < -0.3 is 14.5 Å². The number of hydrogen-bond acceptors (Lipinski definition) is 4. The molecule has 4 nitrogen and oxygen atoms in total. The fourth-order valence-electron chi connectivity index (χ4n) is 2.32. The lowest BCUT2D eigenvalue weighted by molar-refractivity contribution is -0.251. The number of halogens is 4. The molecule has 0 atom stereocenters. The van der Waals surface area contributed by atoms with Gasteiger partial charge in [-0.1, -0.05) is 0 Å². The molecule has 110 valence electrons. The van der Waals surface area contributed by atoms with E-state index >= 15 is 0 Å². The predicted octanol–water partition coefficient (Wildman–Crippen LogP) is 1.22. The normalized spacial score (nSPS) is 23.9. The van der Waals surface area contributed by atoms with Crippen LogP contribution < -0.4 is 0 Å². The zero-order chi connectivity index (χ0) is 13.9. The van der Waals surface area contributed by atoms with E-state index in [1.54, 1.807) is 4.90 Å². The van der Waals surface area contributed by atoms with Crippen LogP contribution in [0.3, 0.4) is 0 Å². The highest BCUT2D eigenvalue weighted by Crippen LogP contribution is 2.24. The highest BCUT2D eigenvalue weighted by Gasteiger charge is 2.39. The second-order valence-corrected chi connectivity index (χ2v) is 4.51. The number of nitrogens with zero attached hydrogens (tertiary/aromatic N) is 3. The summed E-state index contributed by atoms with van der Waals surface area (Å²) in [5.74, 6) is 0.366. The van der Waals surface area contributed by atoms with Crippen molar-refractivity contribution in [2.24, 2.45) is 0 Å². The van der Waals surface area contributed by atoms with Crippen LogP contribution in [-0.2, 0) is 4.74 Å². The number of rotatable bonds is 2. The van der Waals surface area contributed by atoms with Gasteiger partial charge in [0.25, 0.3) is 0 Å². The molecule has 0 bridgehead atoms. The third-order valence-electron chi connectivity index (χ3n) is 3.39. The van der Waals surface area contributed by atoms with Crippen molar-refractivity contribution in [2.45, 2.75) is 6.30 Å². The van der Waals surface area contributed by atoms with E-state index in [1.807, 2.05) is 4.90 Å². The Morgan fingerprint density at radius 1 is 0.895 bits per heavy atom. The molecular formula is C11H17F4N3O. The molecule has 0 aromatic heterocycles. The zero-order valence-corrected chi connectivity index (χ0v) is 10.5. The summed E-state index contributed by atoms with van der Waals surface area (Å²) in [5.41, 5.74) is 0. The summed E-state index contributed by atoms with van der Waals surface area (Å²) >= 11 is 0. The van der Waals surface area contributed by atoms with Crippen molar-refractivity contribution in [3.8, 4) is 0 Å². The van der Waals surface area contributed by atoms with E-state index in [0.717, 1.165) is 0 Å². The van der Waals surface area contributed by atoms with E-state index in [2.05, 4.69) is 0 Å². The van der Waals surface area contributed by atoms with Crippen LogP contribution in [0.5, 0.6) is 0 Å². The second kappa shape index (κ2) is 5.96. The first-order chi connectivity index (χ1) is 9.02. The van der Waals surface area contributed by atoms with Crippen molar-refractivity contribution in [1.82, 2.24) is 14.7 Å². The van der Waals surface area contributed by atoms with Crippen LogP contribution in [-0.4, -0.2) is 73.5 Å². The van der Waals surface area contributed by atoms with Crippen LogP contribution in [0, 0.1) is 0 Å². The summed E-state index contributed by atoms with van der Waals surface area (Å²) in [6.07, 6.45) is -3.82. The molecule has 8 heteroatoms. The Morgan fingerprint density at radius 2 is 1.42 bits per heavy atom. The first-order valence-electron chi connectivity index (χ1n) is 6.22. The largest absolute Gasteiger partial charge is 0.460 e. The van der Waals surface area contributed by atoms with Crippen molar-refractivity contribution in [2.75, 3.05) is 52.5 Å². The fourth-order valence-corrected chi connectivity index (χ4v) is 2.32. The Labute approximate surface area is 109 Å². The molecule has 0 aromatic rings. The quantitative estimate of drug-likeness (QED) is 0.560. The molecule has 2 fully saturated rings. The van der Waals surface area contributed by atoms with E-state index < -0.39 is 6.30 Å². The lowest BCUT2D eigenvalue weighted by Gasteiger charge is -2.41. The van der Waals surface area contributed by atoms with Crippen LogP contribution in [0.2, 0.25) is 0 Å². The van der Waals surface area contributed by atoms with E-state index in [9.17, 15) is 17.6 Å². The third kappa shape index (κ3) is 3.50. The van der Waals surface area contributed by atoms with Gasteiger partial charge in [0.1, 0.15) is 12.2 Å². The van der Waals surface area contributed by atoms with Gasteiger partial charge in [-0.3, -0.25) is 0 Å². The maximum atomic E-state index is 13.0. The first-order valence-corrected chi connectivity index (χ1v) is 6.22. The van der Waals surface area contributed by atoms with Gasteiger partial charge in [-0.15, -0.1) is 0 Å². The lowest BCUT2D eigenvalue weighted by Crippen LogP contribution is -2.53. The molecule has 19 heavy (non-hydrogen) atoms. The average molecular weight is 283 g/mol. The van der Waals surface area contributed by atoms with Gasteiger partial charge in [0, 0.05) is 39.3 Å². The van der Waals surface area contributed by atoms with E-state index in [-0.39, 0.29) is 26.2 Å². The second-order valence-electron chi connectivity index (χ2n) is 4.51. The molecule has 0 unspecified atom stereocenters. The van der Waals surface area contributed by atoms with E-state index in [1.165, 1.54) is 0 Å². The van der Waals surface area contributed by atoms with Gasteiger partial charge in [0.2, 0.25) is 0 Å². The highest BCUT2D eigenvalue weighted by atomic mass is 19.4. The summed E-state index contributed by atoms with van der Waals surface area (Å²) < 4.78 is 55.7. The number of alkyl halides is 3. The summed E-state index contributed by atoms with van der Waals surface area (Å²) in [6, 6.07) is 0. The molecule has 2 rings (SSSR count). The maximum Gasteiger partial charge on any atom is 0.460 e. The molecule has 0 amide bonds. The Balaban J connectivity index is 1.92. The van der Waals surface area contributed by atoms with Crippen molar-refractivity contribution < 1.29 is 22.3 Å². The molecule has 0 spiro atoms. The van der Waals surface area contributed by atoms with Crippen molar-refractivity contribution in [3.05, 3.63) is 12.2 Å². The Morgan fingerprint density at radius 3 is 1.89 bits per heavy atom. The maximum absolute atomic E-state index is 13.0. The molecule has 2 heterocycles. The van der Waals surface area contributed by atoms with Crippen LogP contribution in [0.4, 0.5) is 17.6 Å². The smallest absolute Gasteiger partial charge is 0.378 e. The topological polar surface area (TPSA) is 19.0 Å². The minimum atomic E-state index is -4.30. The summed E-state index contributed by atoms with van der Waals surface area (Å²) in [4.78, 5) is 3.93. The Hall–Kier alpha value is -1.02. The molecule has 0 N–H and O–H groups in total. The minimum Gasteiger partial charge on any atom is -0.378 e. The molecule has 0 radical (unpaired) electrons. The zero-order valence-electron chi connectivity index (χ0n) is 10.5. The third-order valence-corrected chi connectivity index (χ3v) is 3.39. The van der Waals surface area contributed by atoms with Crippen LogP contribution >= 0.6 is 0 Å². The van der Waals surface area contributed by atoms with Gasteiger partial charge in [0.05, 0.1) is 13.2 Å². The first kappa shape index (κ1) is 14.4. The number of ether oxygens (including phenoxy) is 1. The molecular weight excluding hydrogens is 266 g/mol. The van der Waals surface area contributed by atoms with Crippen molar-refractivity contribution >= 4 is 0 Å². The average Bonchev–Trinajstić information content (AvgIpc) is 2.40. The van der Waals surface area contributed by atoms with Crippen LogP contribution in [0.15, 0.2) is 12.2 Å². The summed E-state index contributed by atoms with van der Waals surface area (Å²) in [7, 11) is 0. The Kier molecular flexibility index (Phi) is 4.51. The Bertz CT molecular complexity index is 320. The van der Waals surface area contributed by atoms with Gasteiger partial charge in [-0.2, -0.15) is 13.2 Å². The predicted molar refractivity (Wildman–Crippen MR) is 60.8 cm³/mol. The SMILES string of the molecule is F/C=C(/N1CCOCC1)N1CCN(C(F)(F)F)CC1. The molecule has 0 aromatic carbocycles. The van der Waals surface area contributed by atoms with Crippen molar-refractivity contribution in [3.63, 3.8) is 0 Å². The number of hydrogen-bond donors (Lipinski definition) is 0. The number of morpholine rings is 1. The van der Waals surface area contributed by atoms with Gasteiger partial charge in [-0.05, 0) is 0 Å². The molecule has 0 saturated carbocycles. The van der Waals surface area contributed by atoms with Gasteiger partial charge in [0.15, 0.2) is 0 Å².